The zero-order valence-electron chi connectivity index (χ0n) is 7.85. The molecule has 2 nitrogen and oxygen atoms in total. The van der Waals surface area contributed by atoms with E-state index in [9.17, 15) is 4.79 Å². The highest BCUT2D eigenvalue weighted by molar-refractivity contribution is 9.08. The molecule has 1 aliphatic rings. The third kappa shape index (κ3) is 1.98. The summed E-state index contributed by atoms with van der Waals surface area (Å²) in [6, 6.07) is 6.26. The molecular formula is C11H12BrNO. The minimum atomic E-state index is 0.135. The molecule has 2 rings (SSSR count). The summed E-state index contributed by atoms with van der Waals surface area (Å²) >= 11 is 3.41. The van der Waals surface area contributed by atoms with Crippen LogP contribution >= 0.6 is 15.9 Å². The van der Waals surface area contributed by atoms with Gasteiger partial charge < -0.3 is 5.32 Å². The third-order valence-electron chi connectivity index (χ3n) is 2.45. The predicted molar refractivity (Wildman–Crippen MR) is 60.6 cm³/mol. The SMILES string of the molecule is O=C1CCCc2ccc(CBr)cc2N1. The van der Waals surface area contributed by atoms with Crippen LogP contribution in [0, 0.1) is 0 Å². The van der Waals surface area contributed by atoms with Crippen molar-refractivity contribution >= 4 is 27.5 Å². The molecule has 0 bridgehead atoms. The molecule has 74 valence electrons. The smallest absolute Gasteiger partial charge is 0.224 e. The van der Waals surface area contributed by atoms with E-state index >= 15 is 0 Å². The highest BCUT2D eigenvalue weighted by Crippen LogP contribution is 2.24. The Labute approximate surface area is 91.8 Å². The van der Waals surface area contributed by atoms with Crippen LogP contribution in [0.15, 0.2) is 18.2 Å². The van der Waals surface area contributed by atoms with Gasteiger partial charge in [-0.15, -0.1) is 0 Å². The number of hydrogen-bond acceptors (Lipinski definition) is 1. The van der Waals surface area contributed by atoms with Crippen molar-refractivity contribution in [2.24, 2.45) is 0 Å². The van der Waals surface area contributed by atoms with Gasteiger partial charge >= 0.3 is 0 Å². The van der Waals surface area contributed by atoms with Gasteiger partial charge in [-0.1, -0.05) is 28.1 Å². The number of aryl methyl sites for hydroxylation is 1. The molecule has 0 radical (unpaired) electrons. The van der Waals surface area contributed by atoms with Crippen LogP contribution in [0.2, 0.25) is 0 Å². The van der Waals surface area contributed by atoms with Crippen molar-refractivity contribution in [1.82, 2.24) is 0 Å². The lowest BCUT2D eigenvalue weighted by molar-refractivity contribution is -0.116. The number of rotatable bonds is 1. The van der Waals surface area contributed by atoms with Crippen molar-refractivity contribution in [3.63, 3.8) is 0 Å². The Kier molecular flexibility index (Phi) is 2.87. The van der Waals surface area contributed by atoms with Crippen LogP contribution in [0.5, 0.6) is 0 Å². The second-order valence-electron chi connectivity index (χ2n) is 3.53. The van der Waals surface area contributed by atoms with Crippen molar-refractivity contribution in [3.8, 4) is 0 Å². The van der Waals surface area contributed by atoms with E-state index in [0.29, 0.717) is 6.42 Å². The van der Waals surface area contributed by atoms with Crippen molar-refractivity contribution in [2.45, 2.75) is 24.6 Å². The Morgan fingerprint density at radius 2 is 2.21 bits per heavy atom. The molecule has 0 atom stereocenters. The maximum Gasteiger partial charge on any atom is 0.224 e. The predicted octanol–water partition coefficient (Wildman–Crippen LogP) is 2.86. The Hall–Kier alpha value is -0.830. The lowest BCUT2D eigenvalue weighted by Crippen LogP contribution is -2.09. The van der Waals surface area contributed by atoms with Crippen molar-refractivity contribution in [2.75, 3.05) is 5.32 Å². The highest BCUT2D eigenvalue weighted by Gasteiger charge is 2.12. The fourth-order valence-electron chi connectivity index (χ4n) is 1.69. The second kappa shape index (κ2) is 4.13. The molecule has 0 fully saturated rings. The lowest BCUT2D eigenvalue weighted by atomic mass is 10.1. The van der Waals surface area contributed by atoms with Crippen LogP contribution < -0.4 is 5.32 Å². The van der Waals surface area contributed by atoms with Crippen molar-refractivity contribution in [1.29, 1.82) is 0 Å². The van der Waals surface area contributed by atoms with Crippen LogP contribution in [0.4, 0.5) is 5.69 Å². The van der Waals surface area contributed by atoms with E-state index in [1.165, 1.54) is 11.1 Å². The van der Waals surface area contributed by atoms with Crippen molar-refractivity contribution < 1.29 is 4.79 Å². The van der Waals surface area contributed by atoms with E-state index in [0.717, 1.165) is 23.9 Å². The summed E-state index contributed by atoms with van der Waals surface area (Å²) in [4.78, 5) is 11.3. The Balaban J connectivity index is 2.36. The summed E-state index contributed by atoms with van der Waals surface area (Å²) < 4.78 is 0. The number of fused-ring (bicyclic) bond motifs is 1. The minimum Gasteiger partial charge on any atom is -0.326 e. The summed E-state index contributed by atoms with van der Waals surface area (Å²) in [5, 5.41) is 3.77. The van der Waals surface area contributed by atoms with E-state index in [4.69, 9.17) is 0 Å². The first-order valence-electron chi connectivity index (χ1n) is 4.77. The first kappa shape index (κ1) is 9.71. The minimum absolute atomic E-state index is 0.135. The average molecular weight is 254 g/mol. The Morgan fingerprint density at radius 3 is 3.00 bits per heavy atom. The van der Waals surface area contributed by atoms with E-state index in [2.05, 4.69) is 33.4 Å². The maximum absolute atomic E-state index is 11.3. The number of carbonyl (C=O) groups excluding carboxylic acids is 1. The van der Waals surface area contributed by atoms with Gasteiger partial charge in [-0.2, -0.15) is 0 Å². The summed E-state index contributed by atoms with van der Waals surface area (Å²) in [5.74, 6) is 0.135. The number of halogens is 1. The molecule has 1 aromatic rings. The maximum atomic E-state index is 11.3. The van der Waals surface area contributed by atoms with Gasteiger partial charge in [0, 0.05) is 17.4 Å². The molecular weight excluding hydrogens is 242 g/mol. The Bertz CT molecular complexity index is 362. The molecule has 1 N–H and O–H groups in total. The largest absolute Gasteiger partial charge is 0.326 e. The van der Waals surface area contributed by atoms with Gasteiger partial charge in [0.05, 0.1) is 0 Å². The first-order valence-corrected chi connectivity index (χ1v) is 5.89. The van der Waals surface area contributed by atoms with Gasteiger partial charge in [-0.25, -0.2) is 0 Å². The van der Waals surface area contributed by atoms with Crippen LogP contribution in [-0.2, 0) is 16.5 Å². The van der Waals surface area contributed by atoms with E-state index < -0.39 is 0 Å². The molecule has 1 aliphatic heterocycles. The molecule has 0 spiro atoms. The molecule has 0 saturated heterocycles. The third-order valence-corrected chi connectivity index (χ3v) is 3.10. The van der Waals surface area contributed by atoms with Crippen LogP contribution in [0.1, 0.15) is 24.0 Å². The van der Waals surface area contributed by atoms with Gasteiger partial charge in [0.2, 0.25) is 5.91 Å². The van der Waals surface area contributed by atoms with E-state index in [-0.39, 0.29) is 5.91 Å². The number of benzene rings is 1. The summed E-state index contributed by atoms with van der Waals surface area (Å²) in [7, 11) is 0. The molecule has 1 heterocycles. The van der Waals surface area contributed by atoms with Gasteiger partial charge in [0.25, 0.3) is 0 Å². The molecule has 1 amide bonds. The monoisotopic (exact) mass is 253 g/mol. The molecule has 0 saturated carbocycles. The van der Waals surface area contributed by atoms with Crippen molar-refractivity contribution in [3.05, 3.63) is 29.3 Å². The topological polar surface area (TPSA) is 29.1 Å². The lowest BCUT2D eigenvalue weighted by Gasteiger charge is -2.07. The van der Waals surface area contributed by atoms with Crippen LogP contribution in [-0.4, -0.2) is 5.91 Å². The highest BCUT2D eigenvalue weighted by atomic mass is 79.9. The Morgan fingerprint density at radius 1 is 1.36 bits per heavy atom. The quantitative estimate of drug-likeness (QED) is 0.767. The number of carbonyl (C=O) groups is 1. The molecule has 3 heteroatoms. The van der Waals surface area contributed by atoms with Crippen LogP contribution in [0.3, 0.4) is 0 Å². The summed E-state index contributed by atoms with van der Waals surface area (Å²) in [5.41, 5.74) is 3.44. The van der Waals surface area contributed by atoms with Gasteiger partial charge in [-0.3, -0.25) is 4.79 Å². The number of hydrogen-bond donors (Lipinski definition) is 1. The number of amides is 1. The first-order chi connectivity index (χ1) is 6.79. The standard InChI is InChI=1S/C11H12BrNO/c12-7-8-4-5-9-2-1-3-11(14)13-10(9)6-8/h4-6H,1-3,7H2,(H,13,14). The van der Waals surface area contributed by atoms with E-state index in [1.54, 1.807) is 0 Å². The number of anilines is 1. The summed E-state index contributed by atoms with van der Waals surface area (Å²) in [6.45, 7) is 0. The molecule has 1 aromatic carbocycles. The molecule has 0 aliphatic carbocycles. The van der Waals surface area contributed by atoms with Crippen LogP contribution in [0.25, 0.3) is 0 Å². The van der Waals surface area contributed by atoms with E-state index in [1.807, 2.05) is 6.07 Å². The zero-order chi connectivity index (χ0) is 9.97. The number of nitrogens with one attached hydrogen (secondary N) is 1. The fraction of sp³-hybridized carbons (Fsp3) is 0.364. The van der Waals surface area contributed by atoms with Gasteiger partial charge in [0.1, 0.15) is 0 Å². The van der Waals surface area contributed by atoms with Gasteiger partial charge in [0.15, 0.2) is 0 Å². The second-order valence-corrected chi connectivity index (χ2v) is 4.09. The molecule has 14 heavy (non-hydrogen) atoms. The zero-order valence-corrected chi connectivity index (χ0v) is 9.43. The van der Waals surface area contributed by atoms with Gasteiger partial charge in [-0.05, 0) is 30.0 Å². The average Bonchev–Trinajstić information content (AvgIpc) is 2.37. The normalized spacial score (nSPS) is 15.6. The molecule has 0 unspecified atom stereocenters. The molecule has 0 aromatic heterocycles. The summed E-state index contributed by atoms with van der Waals surface area (Å²) in [6.07, 6.45) is 2.58. The number of alkyl halides is 1. The fourth-order valence-corrected chi connectivity index (χ4v) is 2.04.